The van der Waals surface area contributed by atoms with Gasteiger partial charge in [0.05, 0.1) is 18.0 Å². The fourth-order valence-corrected chi connectivity index (χ4v) is 3.79. The molecule has 0 saturated carbocycles. The van der Waals surface area contributed by atoms with Gasteiger partial charge in [-0.1, -0.05) is 41.9 Å². The summed E-state index contributed by atoms with van der Waals surface area (Å²) in [4.78, 5) is 4.75. The van der Waals surface area contributed by atoms with E-state index in [-0.39, 0.29) is 35.4 Å². The van der Waals surface area contributed by atoms with E-state index in [9.17, 15) is 8.42 Å². The van der Waals surface area contributed by atoms with E-state index in [0.717, 1.165) is 11.1 Å². The standard InChI is InChI=1S/C20H27ClN4O3S.HI/c1-3-22-20(24-15-17-8-4-5-10-19(17)21)23-14-16-7-6-9-18(13-16)29(26,27)25-11-12-28-2;/h4-10,13,25H,3,11-12,14-15H2,1-2H3,(H2,22,23,24);1H. The number of hydrogen-bond acceptors (Lipinski definition) is 4. The number of hydrogen-bond donors (Lipinski definition) is 3. The SMILES string of the molecule is CCNC(=NCc1cccc(S(=O)(=O)NCCOC)c1)NCc1ccccc1Cl.I. The number of benzene rings is 2. The molecule has 0 atom stereocenters. The highest BCUT2D eigenvalue weighted by atomic mass is 127. The minimum Gasteiger partial charge on any atom is -0.383 e. The van der Waals surface area contributed by atoms with Crippen LogP contribution in [0.4, 0.5) is 0 Å². The second kappa shape index (κ2) is 13.8. The molecule has 0 spiro atoms. The molecule has 0 aromatic heterocycles. The summed E-state index contributed by atoms with van der Waals surface area (Å²) >= 11 is 6.19. The van der Waals surface area contributed by atoms with E-state index >= 15 is 0 Å². The van der Waals surface area contributed by atoms with Crippen LogP contribution in [-0.2, 0) is 27.8 Å². The largest absolute Gasteiger partial charge is 0.383 e. The van der Waals surface area contributed by atoms with Crippen LogP contribution < -0.4 is 15.4 Å². The summed E-state index contributed by atoms with van der Waals surface area (Å²) in [6, 6.07) is 14.3. The molecule has 0 amide bonds. The molecule has 0 fully saturated rings. The van der Waals surface area contributed by atoms with Gasteiger partial charge in [0.2, 0.25) is 10.0 Å². The van der Waals surface area contributed by atoms with Crippen LogP contribution in [0.2, 0.25) is 5.02 Å². The average Bonchev–Trinajstić information content (AvgIpc) is 2.71. The first-order valence-electron chi connectivity index (χ1n) is 9.29. The van der Waals surface area contributed by atoms with Crippen LogP contribution in [0.25, 0.3) is 0 Å². The summed E-state index contributed by atoms with van der Waals surface area (Å²) in [7, 11) is -2.06. The van der Waals surface area contributed by atoms with E-state index in [2.05, 4.69) is 20.3 Å². The third kappa shape index (κ3) is 8.76. The summed E-state index contributed by atoms with van der Waals surface area (Å²) in [5.74, 6) is 0.624. The molecule has 0 aliphatic rings. The highest BCUT2D eigenvalue weighted by Gasteiger charge is 2.13. The van der Waals surface area contributed by atoms with Crippen LogP contribution in [0.15, 0.2) is 58.4 Å². The average molecular weight is 567 g/mol. The number of ether oxygens (including phenoxy) is 1. The molecule has 0 heterocycles. The Balaban J connectivity index is 0.00000450. The smallest absolute Gasteiger partial charge is 0.240 e. The molecule has 10 heteroatoms. The number of halogens is 2. The lowest BCUT2D eigenvalue weighted by Crippen LogP contribution is -2.36. The highest BCUT2D eigenvalue weighted by Crippen LogP contribution is 2.14. The van der Waals surface area contributed by atoms with E-state index < -0.39 is 10.0 Å². The first kappa shape index (κ1) is 26.6. The molecule has 0 bridgehead atoms. The lowest BCUT2D eigenvalue weighted by atomic mass is 10.2. The number of aliphatic imine (C=N–C) groups is 1. The van der Waals surface area contributed by atoms with Gasteiger partial charge in [-0.15, -0.1) is 24.0 Å². The van der Waals surface area contributed by atoms with E-state index in [0.29, 0.717) is 37.2 Å². The topological polar surface area (TPSA) is 91.8 Å². The van der Waals surface area contributed by atoms with Crippen molar-refractivity contribution in [3.05, 3.63) is 64.7 Å². The third-order valence-corrected chi connectivity index (χ3v) is 5.80. The number of nitrogens with zero attached hydrogens (tertiary/aromatic N) is 1. The molecule has 166 valence electrons. The van der Waals surface area contributed by atoms with Gasteiger partial charge in [-0.3, -0.25) is 0 Å². The van der Waals surface area contributed by atoms with Crippen molar-refractivity contribution in [3.63, 3.8) is 0 Å². The Morgan fingerprint density at radius 3 is 2.60 bits per heavy atom. The number of guanidine groups is 1. The number of rotatable bonds is 10. The van der Waals surface area contributed by atoms with Crippen LogP contribution >= 0.6 is 35.6 Å². The Morgan fingerprint density at radius 1 is 1.13 bits per heavy atom. The van der Waals surface area contributed by atoms with Crippen molar-refractivity contribution in [1.82, 2.24) is 15.4 Å². The molecule has 0 aliphatic heterocycles. The maximum absolute atomic E-state index is 12.4. The maximum atomic E-state index is 12.4. The van der Waals surface area contributed by atoms with Gasteiger partial charge in [0.25, 0.3) is 0 Å². The van der Waals surface area contributed by atoms with Gasteiger partial charge in [-0.05, 0) is 36.2 Å². The molecule has 0 saturated heterocycles. The van der Waals surface area contributed by atoms with Crippen LogP contribution in [0.1, 0.15) is 18.1 Å². The summed E-state index contributed by atoms with van der Waals surface area (Å²) in [6.07, 6.45) is 0. The Kier molecular flexibility index (Phi) is 12.3. The number of nitrogens with one attached hydrogen (secondary N) is 3. The van der Waals surface area contributed by atoms with E-state index in [1.54, 1.807) is 18.2 Å². The molecular formula is C20H28ClIN4O3S. The fraction of sp³-hybridized carbons (Fsp3) is 0.350. The van der Waals surface area contributed by atoms with Gasteiger partial charge < -0.3 is 15.4 Å². The van der Waals surface area contributed by atoms with Gasteiger partial charge in [-0.2, -0.15) is 0 Å². The minimum atomic E-state index is -3.58. The van der Waals surface area contributed by atoms with Crippen LogP contribution in [0.3, 0.4) is 0 Å². The summed E-state index contributed by atoms with van der Waals surface area (Å²) < 4.78 is 32.1. The minimum absolute atomic E-state index is 0. The van der Waals surface area contributed by atoms with Crippen molar-refractivity contribution in [1.29, 1.82) is 0 Å². The maximum Gasteiger partial charge on any atom is 0.240 e. The summed E-state index contributed by atoms with van der Waals surface area (Å²) in [5.41, 5.74) is 1.75. The monoisotopic (exact) mass is 566 g/mol. The number of sulfonamides is 1. The van der Waals surface area contributed by atoms with Crippen molar-refractivity contribution in [2.24, 2.45) is 4.99 Å². The molecule has 2 rings (SSSR count). The molecule has 3 N–H and O–H groups in total. The second-order valence-corrected chi connectivity index (χ2v) is 8.35. The predicted molar refractivity (Wildman–Crippen MR) is 132 cm³/mol. The molecular weight excluding hydrogens is 539 g/mol. The van der Waals surface area contributed by atoms with Crippen LogP contribution in [0, 0.1) is 0 Å². The third-order valence-electron chi connectivity index (χ3n) is 3.98. The van der Waals surface area contributed by atoms with E-state index in [1.165, 1.54) is 7.11 Å². The first-order chi connectivity index (χ1) is 14.0. The van der Waals surface area contributed by atoms with Crippen LogP contribution in [-0.4, -0.2) is 41.2 Å². The molecule has 2 aromatic rings. The lowest BCUT2D eigenvalue weighted by Gasteiger charge is -2.12. The zero-order chi connectivity index (χ0) is 21.1. The Morgan fingerprint density at radius 2 is 1.90 bits per heavy atom. The fourth-order valence-electron chi connectivity index (χ4n) is 2.51. The molecule has 7 nitrogen and oxygen atoms in total. The molecule has 30 heavy (non-hydrogen) atoms. The van der Waals surface area contributed by atoms with E-state index in [1.807, 2.05) is 37.3 Å². The van der Waals surface area contributed by atoms with Gasteiger partial charge in [0.1, 0.15) is 0 Å². The molecule has 0 unspecified atom stereocenters. The highest BCUT2D eigenvalue weighted by molar-refractivity contribution is 14.0. The zero-order valence-corrected chi connectivity index (χ0v) is 20.9. The molecule has 0 radical (unpaired) electrons. The summed E-state index contributed by atoms with van der Waals surface area (Å²) in [5, 5.41) is 7.10. The van der Waals surface area contributed by atoms with Crippen molar-refractivity contribution in [3.8, 4) is 0 Å². The van der Waals surface area contributed by atoms with Gasteiger partial charge in [-0.25, -0.2) is 18.1 Å². The Hall–Kier alpha value is -1.40. The number of methoxy groups -OCH3 is 1. The van der Waals surface area contributed by atoms with Crippen molar-refractivity contribution < 1.29 is 13.2 Å². The van der Waals surface area contributed by atoms with Gasteiger partial charge >= 0.3 is 0 Å². The normalized spacial score (nSPS) is 11.6. The van der Waals surface area contributed by atoms with Crippen LogP contribution in [0.5, 0.6) is 0 Å². The predicted octanol–water partition coefficient (Wildman–Crippen LogP) is 3.14. The van der Waals surface area contributed by atoms with Crippen molar-refractivity contribution >= 4 is 51.6 Å². The summed E-state index contributed by atoms with van der Waals surface area (Å²) in [6.45, 7) is 4.07. The Labute approximate surface area is 200 Å². The van der Waals surface area contributed by atoms with E-state index in [4.69, 9.17) is 16.3 Å². The van der Waals surface area contributed by atoms with Crippen molar-refractivity contribution in [2.75, 3.05) is 26.8 Å². The zero-order valence-electron chi connectivity index (χ0n) is 17.0. The van der Waals surface area contributed by atoms with Gasteiger partial charge in [0.15, 0.2) is 5.96 Å². The quantitative estimate of drug-likeness (QED) is 0.178. The first-order valence-corrected chi connectivity index (χ1v) is 11.2. The Bertz CT molecular complexity index is 926. The lowest BCUT2D eigenvalue weighted by molar-refractivity contribution is 0.204. The molecule has 2 aromatic carbocycles. The second-order valence-electron chi connectivity index (χ2n) is 6.18. The van der Waals surface area contributed by atoms with Crippen molar-refractivity contribution in [2.45, 2.75) is 24.9 Å². The van der Waals surface area contributed by atoms with Gasteiger partial charge in [0, 0.05) is 31.8 Å². The molecule has 0 aliphatic carbocycles.